The van der Waals surface area contributed by atoms with Gasteiger partial charge in [-0.2, -0.15) is 0 Å². The molecule has 1 heterocycles. The van der Waals surface area contributed by atoms with Crippen LogP contribution < -0.4 is 0 Å². The van der Waals surface area contributed by atoms with Crippen molar-refractivity contribution >= 4 is 58.8 Å². The highest BCUT2D eigenvalue weighted by atomic mass is 32.2. The molecule has 5 rings (SSSR count). The predicted octanol–water partition coefficient (Wildman–Crippen LogP) is 12.0. The van der Waals surface area contributed by atoms with Gasteiger partial charge in [0, 0.05) is 27.5 Å². The summed E-state index contributed by atoms with van der Waals surface area (Å²) in [6.45, 7) is 4.24. The van der Waals surface area contributed by atoms with Crippen molar-refractivity contribution in [2.45, 2.75) is 59.3 Å². The average molecular weight is 747 g/mol. The van der Waals surface area contributed by atoms with Crippen LogP contribution in [0.4, 0.5) is 0 Å². The molecule has 0 fully saturated rings. The zero-order valence-electron chi connectivity index (χ0n) is 30.3. The molecule has 0 atom stereocenters. The molecule has 4 nitrogen and oxygen atoms in total. The lowest BCUT2D eigenvalue weighted by Crippen LogP contribution is -2.27. The largest absolute Gasteiger partial charge is 0.289 e. The van der Waals surface area contributed by atoms with Gasteiger partial charge in [-0.15, -0.1) is 0 Å². The number of ketones is 4. The third kappa shape index (κ3) is 9.15. The van der Waals surface area contributed by atoms with E-state index in [0.29, 0.717) is 37.4 Å². The molecule has 268 valence electrons. The molecule has 0 aromatic heterocycles. The molecule has 0 amide bonds. The average Bonchev–Trinajstić information content (AvgIpc) is 3.65. The van der Waals surface area contributed by atoms with Gasteiger partial charge in [0.25, 0.3) is 0 Å². The molecule has 0 spiro atoms. The highest BCUT2D eigenvalue weighted by Gasteiger charge is 2.40. The van der Waals surface area contributed by atoms with Crippen LogP contribution in [0.5, 0.6) is 0 Å². The summed E-state index contributed by atoms with van der Waals surface area (Å²) in [7, 11) is 0. The zero-order valence-corrected chi connectivity index (χ0v) is 32.8. The van der Waals surface area contributed by atoms with Gasteiger partial charge < -0.3 is 0 Å². The van der Waals surface area contributed by atoms with E-state index in [4.69, 9.17) is 0 Å². The van der Waals surface area contributed by atoms with Crippen LogP contribution in [0.3, 0.4) is 0 Å². The minimum absolute atomic E-state index is 0.121. The quantitative estimate of drug-likeness (QED) is 0.0574. The molecule has 1 aliphatic rings. The zero-order chi connectivity index (χ0) is 36.9. The van der Waals surface area contributed by atoms with E-state index < -0.39 is 6.89 Å². The Morgan fingerprint density at radius 1 is 0.462 bits per heavy atom. The summed E-state index contributed by atoms with van der Waals surface area (Å²) in [6, 6.07) is 36.4. The molecule has 0 saturated carbocycles. The van der Waals surface area contributed by atoms with E-state index in [1.54, 1.807) is 60.7 Å². The van der Waals surface area contributed by atoms with Gasteiger partial charge in [0.15, 0.2) is 11.6 Å². The van der Waals surface area contributed by atoms with E-state index in [-0.39, 0.29) is 32.9 Å². The first kappa shape index (κ1) is 39.3. The number of rotatable bonds is 18. The van der Waals surface area contributed by atoms with Crippen molar-refractivity contribution in [2.75, 3.05) is 18.5 Å². The third-order valence-electron chi connectivity index (χ3n) is 9.33. The van der Waals surface area contributed by atoms with Gasteiger partial charge in [0.05, 0.1) is 19.6 Å². The van der Waals surface area contributed by atoms with Gasteiger partial charge in [-0.25, -0.2) is 0 Å². The molecule has 1 aliphatic heterocycles. The highest BCUT2D eigenvalue weighted by molar-refractivity contribution is 8.29. The van der Waals surface area contributed by atoms with Gasteiger partial charge >= 0.3 is 0 Å². The fraction of sp³-hybridized carbons (Fsp3) is 0.267. The maximum atomic E-state index is 15.3. The maximum Gasteiger partial charge on any atom is 0.201 e. The number of hydrogen-bond donors (Lipinski definition) is 0. The van der Waals surface area contributed by atoms with E-state index in [2.05, 4.69) is 20.8 Å². The molecule has 4 aromatic carbocycles. The molecule has 0 radical (unpaired) electrons. The molecule has 0 unspecified atom stereocenters. The van der Waals surface area contributed by atoms with Crippen LogP contribution in [0, 0.1) is 0 Å². The molecular formula is C45H47O4PS2. The second-order valence-corrected chi connectivity index (χ2v) is 19.4. The summed E-state index contributed by atoms with van der Waals surface area (Å²) < 4.78 is 0.528. The minimum Gasteiger partial charge on any atom is -0.289 e. The lowest BCUT2D eigenvalue weighted by Gasteiger charge is -2.32. The molecule has 0 N–H and O–H groups in total. The Morgan fingerprint density at radius 3 is 1.13 bits per heavy atom. The normalized spacial score (nSPS) is 12.9. The van der Waals surface area contributed by atoms with Crippen LogP contribution in [0.1, 0.15) is 101 Å². The summed E-state index contributed by atoms with van der Waals surface area (Å²) >= 11 is 2.36. The summed E-state index contributed by atoms with van der Waals surface area (Å²) in [6.07, 6.45) is 8.36. The van der Waals surface area contributed by atoms with Crippen molar-refractivity contribution in [2.24, 2.45) is 0 Å². The number of hydrogen-bond acceptors (Lipinski definition) is 6. The van der Waals surface area contributed by atoms with Gasteiger partial charge in [0.2, 0.25) is 11.6 Å². The van der Waals surface area contributed by atoms with Crippen molar-refractivity contribution in [1.29, 1.82) is 0 Å². The van der Waals surface area contributed by atoms with Crippen LogP contribution in [0.15, 0.2) is 141 Å². The lowest BCUT2D eigenvalue weighted by atomic mass is 9.97. The molecule has 52 heavy (non-hydrogen) atoms. The standard InChI is InChI=1S/C45H47O4PS2/c1-4-7-30-50(31-8-5-2,32-9-6-3)42(39(47)34-24-16-11-17-25-34)37(38(46)33-22-14-10-15-23-33)45-51-43(40(48)35-26-18-12-19-27-35)44(52-45)41(49)36-28-20-13-21-29-36/h10-29H,4-9,30-32H2,1-3H3. The Morgan fingerprint density at radius 2 is 0.788 bits per heavy atom. The van der Waals surface area contributed by atoms with Gasteiger partial charge in [-0.05, 0) is 37.7 Å². The van der Waals surface area contributed by atoms with Crippen molar-refractivity contribution in [3.63, 3.8) is 0 Å². The Kier molecular flexibility index (Phi) is 14.5. The predicted molar refractivity (Wildman–Crippen MR) is 224 cm³/mol. The Balaban J connectivity index is 1.88. The number of carbonyl (C=O) groups excluding carboxylic acids is 4. The van der Waals surface area contributed by atoms with Crippen molar-refractivity contribution < 1.29 is 19.2 Å². The van der Waals surface area contributed by atoms with Crippen LogP contribution in [-0.2, 0) is 0 Å². The Hall–Kier alpha value is -3.96. The number of unbranched alkanes of at least 4 members (excludes halogenated alkanes) is 3. The lowest BCUT2D eigenvalue weighted by molar-refractivity contribution is 0.101. The molecule has 7 heteroatoms. The van der Waals surface area contributed by atoms with E-state index >= 15 is 9.59 Å². The van der Waals surface area contributed by atoms with E-state index in [0.717, 1.165) is 57.0 Å². The topological polar surface area (TPSA) is 68.3 Å². The maximum absolute atomic E-state index is 15.3. The minimum atomic E-state index is -2.29. The first-order valence-corrected chi connectivity index (χ1v) is 22.3. The SMILES string of the molecule is CCCCP(CCCC)(CCCC)=C(C(=O)c1ccccc1)C(C(=O)c1ccccc1)=C1SC(C(=O)c2ccccc2)=C(C(=O)c2ccccc2)S1. The van der Waals surface area contributed by atoms with Crippen molar-refractivity contribution in [1.82, 2.24) is 0 Å². The van der Waals surface area contributed by atoms with Crippen LogP contribution in [0.25, 0.3) is 0 Å². The van der Waals surface area contributed by atoms with E-state index in [1.807, 2.05) is 60.7 Å². The summed E-state index contributed by atoms with van der Waals surface area (Å²) in [5.41, 5.74) is 2.30. The van der Waals surface area contributed by atoms with Crippen LogP contribution in [-0.4, -0.2) is 46.9 Å². The molecule has 0 aliphatic carbocycles. The number of thioether (sulfide) groups is 2. The monoisotopic (exact) mass is 746 g/mol. The summed E-state index contributed by atoms with van der Waals surface area (Å²) in [5, 5.41) is 0.623. The Bertz CT molecular complexity index is 1910. The highest BCUT2D eigenvalue weighted by Crippen LogP contribution is 2.58. The van der Waals surface area contributed by atoms with Crippen molar-refractivity contribution in [3.8, 4) is 0 Å². The summed E-state index contributed by atoms with van der Waals surface area (Å²) in [5.74, 6) is -0.926. The van der Waals surface area contributed by atoms with Gasteiger partial charge in [-0.1, -0.05) is 192 Å². The van der Waals surface area contributed by atoms with Crippen LogP contribution >= 0.6 is 30.4 Å². The second-order valence-electron chi connectivity index (χ2n) is 13.0. The first-order valence-electron chi connectivity index (χ1n) is 18.3. The molecule has 4 aromatic rings. The first-order chi connectivity index (χ1) is 25.3. The van der Waals surface area contributed by atoms with E-state index in [9.17, 15) is 9.59 Å². The fourth-order valence-corrected chi connectivity index (χ4v) is 14.7. The number of carbonyl (C=O) groups is 4. The van der Waals surface area contributed by atoms with Gasteiger partial charge in [0.1, 0.15) is 0 Å². The number of benzene rings is 4. The van der Waals surface area contributed by atoms with Crippen LogP contribution in [0.2, 0.25) is 0 Å². The van der Waals surface area contributed by atoms with Gasteiger partial charge in [-0.3, -0.25) is 19.2 Å². The molecular weight excluding hydrogens is 700 g/mol. The fourth-order valence-electron chi connectivity index (χ4n) is 6.52. The smallest absolute Gasteiger partial charge is 0.201 e. The number of Topliss-reactive ketones (excluding diaryl/α,β-unsaturated/α-hetero) is 4. The molecule has 0 saturated heterocycles. The van der Waals surface area contributed by atoms with E-state index in [1.165, 1.54) is 23.5 Å². The Labute approximate surface area is 317 Å². The number of allylic oxidation sites excluding steroid dienone is 3. The third-order valence-corrected chi connectivity index (χ3v) is 16.8. The van der Waals surface area contributed by atoms with Crippen molar-refractivity contribution in [3.05, 3.63) is 163 Å². The molecule has 0 bridgehead atoms. The second kappa shape index (κ2) is 19.2. The summed E-state index contributed by atoms with van der Waals surface area (Å²) in [4.78, 5) is 59.8.